The van der Waals surface area contributed by atoms with Gasteiger partial charge in [-0.15, -0.1) is 11.3 Å². The molecule has 0 atom stereocenters. The van der Waals surface area contributed by atoms with Crippen LogP contribution in [0.25, 0.3) is 11.3 Å². The second-order valence-electron chi connectivity index (χ2n) is 6.46. The number of anilines is 1. The van der Waals surface area contributed by atoms with Crippen LogP contribution in [0.3, 0.4) is 0 Å². The molecular weight excluding hydrogens is 386 g/mol. The number of benzene rings is 2. The van der Waals surface area contributed by atoms with E-state index >= 15 is 0 Å². The van der Waals surface area contributed by atoms with Crippen molar-refractivity contribution in [3.63, 3.8) is 0 Å². The number of nitrogens with one attached hydrogen (secondary N) is 2. The van der Waals surface area contributed by atoms with Crippen LogP contribution >= 0.6 is 11.3 Å². The molecule has 3 rings (SSSR count). The van der Waals surface area contributed by atoms with E-state index in [0.717, 1.165) is 22.6 Å². The Morgan fingerprint density at radius 1 is 1.07 bits per heavy atom. The van der Waals surface area contributed by atoms with Crippen molar-refractivity contribution in [1.82, 2.24) is 10.3 Å². The smallest absolute Gasteiger partial charge is 0.226 e. The summed E-state index contributed by atoms with van der Waals surface area (Å²) in [5, 5.41) is 8.10. The van der Waals surface area contributed by atoms with E-state index in [2.05, 4.69) is 15.6 Å². The standard InChI is InChI=1S/C22H23N3O3S/c1-16(26)23-14-17-9-11-18(12-10-17)20-15-29-22(24-20)25-21(27)8-5-13-28-19-6-3-2-4-7-19/h2-4,6-7,9-12,15H,5,8,13-14H2,1H3,(H,23,26)(H,24,25,27). The molecule has 0 aliphatic carbocycles. The van der Waals surface area contributed by atoms with E-state index in [9.17, 15) is 9.59 Å². The molecule has 2 aromatic carbocycles. The average molecular weight is 410 g/mol. The van der Waals surface area contributed by atoms with E-state index in [4.69, 9.17) is 4.74 Å². The lowest BCUT2D eigenvalue weighted by Crippen LogP contribution is -2.18. The second-order valence-corrected chi connectivity index (χ2v) is 7.32. The van der Waals surface area contributed by atoms with Crippen molar-refractivity contribution in [3.8, 4) is 17.0 Å². The van der Waals surface area contributed by atoms with Crippen molar-refractivity contribution in [2.75, 3.05) is 11.9 Å². The molecule has 0 radical (unpaired) electrons. The number of ether oxygens (including phenoxy) is 1. The number of aromatic nitrogens is 1. The zero-order valence-corrected chi connectivity index (χ0v) is 17.0. The average Bonchev–Trinajstić information content (AvgIpc) is 3.19. The van der Waals surface area contributed by atoms with E-state index in [-0.39, 0.29) is 11.8 Å². The Labute approximate surface area is 173 Å². The molecule has 3 aromatic rings. The summed E-state index contributed by atoms with van der Waals surface area (Å²) in [7, 11) is 0. The largest absolute Gasteiger partial charge is 0.494 e. The highest BCUT2D eigenvalue weighted by Gasteiger charge is 2.08. The van der Waals surface area contributed by atoms with E-state index in [1.54, 1.807) is 0 Å². The minimum atomic E-state index is -0.0757. The summed E-state index contributed by atoms with van der Waals surface area (Å²) in [5.74, 6) is 0.675. The van der Waals surface area contributed by atoms with E-state index < -0.39 is 0 Å². The van der Waals surface area contributed by atoms with Crippen LogP contribution in [0.15, 0.2) is 60.0 Å². The molecule has 150 valence electrons. The number of carbonyl (C=O) groups excluding carboxylic acids is 2. The minimum Gasteiger partial charge on any atom is -0.494 e. The van der Waals surface area contributed by atoms with Crippen LogP contribution in [0.5, 0.6) is 5.75 Å². The first-order valence-electron chi connectivity index (χ1n) is 9.37. The summed E-state index contributed by atoms with van der Waals surface area (Å²) in [6.45, 7) is 2.49. The maximum absolute atomic E-state index is 12.1. The van der Waals surface area contributed by atoms with Gasteiger partial charge in [0.25, 0.3) is 0 Å². The fraction of sp³-hybridized carbons (Fsp3) is 0.227. The van der Waals surface area contributed by atoms with Gasteiger partial charge in [0, 0.05) is 30.8 Å². The Hall–Kier alpha value is -3.19. The third-order valence-corrected chi connectivity index (χ3v) is 4.86. The second kappa shape index (κ2) is 10.4. The summed E-state index contributed by atoms with van der Waals surface area (Å²) in [6, 6.07) is 17.4. The number of hydrogen-bond donors (Lipinski definition) is 2. The number of thiazole rings is 1. The van der Waals surface area contributed by atoms with E-state index in [1.165, 1.54) is 18.3 Å². The van der Waals surface area contributed by atoms with Crippen molar-refractivity contribution < 1.29 is 14.3 Å². The Kier molecular flexibility index (Phi) is 7.35. The monoisotopic (exact) mass is 409 g/mol. The van der Waals surface area contributed by atoms with Crippen LogP contribution in [-0.2, 0) is 16.1 Å². The molecule has 7 heteroatoms. The van der Waals surface area contributed by atoms with Gasteiger partial charge in [-0.25, -0.2) is 4.98 Å². The predicted molar refractivity (Wildman–Crippen MR) is 115 cm³/mol. The van der Waals surface area contributed by atoms with Gasteiger partial charge in [0.05, 0.1) is 12.3 Å². The van der Waals surface area contributed by atoms with E-state index in [1.807, 2.05) is 60.0 Å². The first-order valence-corrected chi connectivity index (χ1v) is 10.2. The molecule has 1 heterocycles. The Balaban J connectivity index is 1.44. The summed E-state index contributed by atoms with van der Waals surface area (Å²) in [6.07, 6.45) is 1.01. The molecule has 1 aromatic heterocycles. The Morgan fingerprint density at radius 2 is 1.83 bits per heavy atom. The number of amides is 2. The number of nitrogens with zero attached hydrogens (tertiary/aromatic N) is 1. The minimum absolute atomic E-state index is 0.0550. The van der Waals surface area contributed by atoms with Gasteiger partial charge in [0.15, 0.2) is 5.13 Å². The van der Waals surface area contributed by atoms with Gasteiger partial charge in [-0.3, -0.25) is 9.59 Å². The predicted octanol–water partition coefficient (Wildman–Crippen LogP) is 4.24. The fourth-order valence-electron chi connectivity index (χ4n) is 2.60. The highest BCUT2D eigenvalue weighted by Crippen LogP contribution is 2.25. The normalized spacial score (nSPS) is 10.4. The van der Waals surface area contributed by atoms with Crippen LogP contribution in [0.4, 0.5) is 5.13 Å². The molecule has 0 fully saturated rings. The Bertz CT molecular complexity index is 939. The maximum atomic E-state index is 12.1. The van der Waals surface area contributed by atoms with Crippen molar-refractivity contribution >= 4 is 28.3 Å². The highest BCUT2D eigenvalue weighted by atomic mass is 32.1. The van der Waals surface area contributed by atoms with Gasteiger partial charge in [-0.1, -0.05) is 42.5 Å². The summed E-state index contributed by atoms with van der Waals surface area (Å²) in [5.41, 5.74) is 2.79. The quantitative estimate of drug-likeness (QED) is 0.518. The Morgan fingerprint density at radius 3 is 2.55 bits per heavy atom. The SMILES string of the molecule is CC(=O)NCc1ccc(-c2csc(NC(=O)CCCOc3ccccc3)n2)cc1. The van der Waals surface area contributed by atoms with Gasteiger partial charge in [0.2, 0.25) is 11.8 Å². The van der Waals surface area contributed by atoms with Crippen LogP contribution in [0.2, 0.25) is 0 Å². The summed E-state index contributed by atoms with van der Waals surface area (Å²) < 4.78 is 5.59. The lowest BCUT2D eigenvalue weighted by Gasteiger charge is -2.05. The third kappa shape index (κ3) is 6.73. The lowest BCUT2D eigenvalue weighted by molar-refractivity contribution is -0.119. The van der Waals surface area contributed by atoms with Crippen molar-refractivity contribution in [1.29, 1.82) is 0 Å². The molecule has 6 nitrogen and oxygen atoms in total. The van der Waals surface area contributed by atoms with E-state index in [0.29, 0.717) is 31.1 Å². The first-order chi connectivity index (χ1) is 14.1. The van der Waals surface area contributed by atoms with Crippen LogP contribution < -0.4 is 15.4 Å². The highest BCUT2D eigenvalue weighted by molar-refractivity contribution is 7.14. The molecule has 0 spiro atoms. The zero-order valence-electron chi connectivity index (χ0n) is 16.2. The van der Waals surface area contributed by atoms with Crippen LogP contribution in [-0.4, -0.2) is 23.4 Å². The lowest BCUT2D eigenvalue weighted by atomic mass is 10.1. The van der Waals surface area contributed by atoms with Crippen LogP contribution in [0, 0.1) is 0 Å². The molecule has 0 bridgehead atoms. The third-order valence-electron chi connectivity index (χ3n) is 4.10. The van der Waals surface area contributed by atoms with Crippen molar-refractivity contribution in [2.45, 2.75) is 26.3 Å². The number of carbonyl (C=O) groups is 2. The number of hydrogen-bond acceptors (Lipinski definition) is 5. The van der Waals surface area contributed by atoms with Crippen molar-refractivity contribution in [2.24, 2.45) is 0 Å². The topological polar surface area (TPSA) is 80.3 Å². The van der Waals surface area contributed by atoms with Crippen LogP contribution in [0.1, 0.15) is 25.3 Å². The molecule has 29 heavy (non-hydrogen) atoms. The number of para-hydroxylation sites is 1. The molecule has 2 amide bonds. The molecule has 0 saturated carbocycles. The number of rotatable bonds is 9. The van der Waals surface area contributed by atoms with Crippen molar-refractivity contribution in [3.05, 3.63) is 65.5 Å². The van der Waals surface area contributed by atoms with Gasteiger partial charge < -0.3 is 15.4 Å². The molecule has 0 unspecified atom stereocenters. The molecule has 2 N–H and O–H groups in total. The summed E-state index contributed by atoms with van der Waals surface area (Å²) in [4.78, 5) is 27.6. The van der Waals surface area contributed by atoms with Gasteiger partial charge in [-0.2, -0.15) is 0 Å². The van der Waals surface area contributed by atoms with Gasteiger partial charge in [0.1, 0.15) is 5.75 Å². The molecule has 0 aliphatic heterocycles. The first kappa shape index (κ1) is 20.5. The summed E-state index contributed by atoms with van der Waals surface area (Å²) >= 11 is 1.40. The fourth-order valence-corrected chi connectivity index (χ4v) is 3.34. The molecular formula is C22H23N3O3S. The molecule has 0 aliphatic rings. The molecule has 0 saturated heterocycles. The zero-order chi connectivity index (χ0) is 20.5. The van der Waals surface area contributed by atoms with Gasteiger partial charge in [-0.05, 0) is 24.1 Å². The maximum Gasteiger partial charge on any atom is 0.226 e. The van der Waals surface area contributed by atoms with Gasteiger partial charge >= 0.3 is 0 Å².